The summed E-state index contributed by atoms with van der Waals surface area (Å²) >= 11 is 0. The van der Waals surface area contributed by atoms with Gasteiger partial charge in [0.2, 0.25) is 5.88 Å². The largest absolute Gasteiger partial charge is 0.515 e. The fourth-order valence-corrected chi connectivity index (χ4v) is 2.49. The normalized spacial score (nSPS) is 10.6. The number of fused-ring (bicyclic) bond motifs is 1. The Balaban J connectivity index is 1.85. The van der Waals surface area contributed by atoms with Crippen molar-refractivity contribution in [2.75, 3.05) is 6.61 Å². The van der Waals surface area contributed by atoms with Crippen LogP contribution >= 0.6 is 0 Å². The Bertz CT molecular complexity index is 839. The van der Waals surface area contributed by atoms with Gasteiger partial charge in [-0.3, -0.25) is 0 Å². The van der Waals surface area contributed by atoms with Crippen LogP contribution in [0.15, 0.2) is 48.5 Å². The monoisotopic (exact) mass is 325 g/mol. The molecular weight excluding hydrogens is 306 g/mol. The van der Waals surface area contributed by atoms with Crippen LogP contribution in [0, 0.1) is 6.92 Å². The zero-order valence-corrected chi connectivity index (χ0v) is 13.7. The molecule has 0 amide bonds. The summed E-state index contributed by atoms with van der Waals surface area (Å²) < 4.78 is 16.0. The summed E-state index contributed by atoms with van der Waals surface area (Å²) in [4.78, 5) is 14.7. The Morgan fingerprint density at radius 1 is 1.08 bits per heavy atom. The fourth-order valence-electron chi connectivity index (χ4n) is 2.49. The van der Waals surface area contributed by atoms with Crippen LogP contribution in [0.5, 0.6) is 11.6 Å². The Hall–Kier alpha value is -2.95. The minimum absolute atomic E-state index is 0.267. The molecule has 0 aliphatic heterocycles. The number of para-hydroxylation sites is 1. The zero-order chi connectivity index (χ0) is 16.9. The molecule has 1 heterocycles. The quantitative estimate of drug-likeness (QED) is 0.697. The zero-order valence-electron chi connectivity index (χ0n) is 13.7. The van der Waals surface area contributed by atoms with Gasteiger partial charge < -0.3 is 19.2 Å². The van der Waals surface area contributed by atoms with E-state index in [1.54, 1.807) is 6.92 Å². The van der Waals surface area contributed by atoms with Crippen molar-refractivity contribution in [3.05, 3.63) is 59.7 Å². The number of hydrogen-bond acceptors (Lipinski definition) is 4. The second-order valence-corrected chi connectivity index (χ2v) is 5.32. The molecule has 1 aromatic heterocycles. The van der Waals surface area contributed by atoms with Crippen LogP contribution in [-0.2, 0) is 11.3 Å². The predicted molar refractivity (Wildman–Crippen MR) is 91.5 cm³/mol. The summed E-state index contributed by atoms with van der Waals surface area (Å²) in [5.41, 5.74) is 2.72. The van der Waals surface area contributed by atoms with Crippen LogP contribution in [0.3, 0.4) is 0 Å². The minimum atomic E-state index is -0.723. The number of carbonyl (C=O) groups is 1. The molecule has 0 saturated heterocycles. The highest BCUT2D eigenvalue weighted by atomic mass is 16.7. The van der Waals surface area contributed by atoms with E-state index in [1.165, 1.54) is 0 Å². The molecule has 24 heavy (non-hydrogen) atoms. The van der Waals surface area contributed by atoms with Crippen LogP contribution in [0.25, 0.3) is 10.9 Å². The van der Waals surface area contributed by atoms with Gasteiger partial charge in [0.25, 0.3) is 0 Å². The number of hydrogen-bond donors (Lipinski definition) is 1. The maximum atomic E-state index is 11.5. The molecule has 0 saturated carbocycles. The summed E-state index contributed by atoms with van der Waals surface area (Å²) in [6, 6.07) is 15.7. The van der Waals surface area contributed by atoms with E-state index in [-0.39, 0.29) is 6.61 Å². The van der Waals surface area contributed by atoms with Crippen molar-refractivity contribution in [2.24, 2.45) is 0 Å². The second kappa shape index (κ2) is 7.08. The molecular formula is C19H19NO4. The lowest BCUT2D eigenvalue weighted by atomic mass is 10.2. The van der Waals surface area contributed by atoms with Gasteiger partial charge in [0.15, 0.2) is 0 Å². The molecule has 3 aromatic rings. The number of ether oxygens (including phenoxy) is 3. The van der Waals surface area contributed by atoms with E-state index in [9.17, 15) is 4.79 Å². The molecule has 5 nitrogen and oxygen atoms in total. The van der Waals surface area contributed by atoms with Crippen molar-refractivity contribution < 1.29 is 19.0 Å². The van der Waals surface area contributed by atoms with E-state index in [4.69, 9.17) is 14.2 Å². The van der Waals surface area contributed by atoms with Gasteiger partial charge in [-0.2, -0.15) is 0 Å². The highest BCUT2D eigenvalue weighted by Crippen LogP contribution is 2.33. The average molecular weight is 325 g/mol. The molecule has 0 fully saturated rings. The van der Waals surface area contributed by atoms with Crippen LogP contribution < -0.4 is 9.47 Å². The summed E-state index contributed by atoms with van der Waals surface area (Å²) in [5.74, 6) is 1.08. The van der Waals surface area contributed by atoms with Crippen LogP contribution in [-0.4, -0.2) is 17.7 Å². The third-order valence-electron chi connectivity index (χ3n) is 3.69. The number of aryl methyl sites for hydroxylation is 1. The number of aromatic amines is 1. The van der Waals surface area contributed by atoms with Crippen molar-refractivity contribution in [3.63, 3.8) is 0 Å². The molecule has 0 aliphatic rings. The molecule has 0 atom stereocenters. The third kappa shape index (κ3) is 3.35. The first kappa shape index (κ1) is 15.9. The number of carbonyl (C=O) groups excluding carboxylic acids is 1. The molecule has 0 unspecified atom stereocenters. The first-order chi connectivity index (χ1) is 11.7. The van der Waals surface area contributed by atoms with Crippen LogP contribution in [0.2, 0.25) is 0 Å². The van der Waals surface area contributed by atoms with Crippen molar-refractivity contribution in [2.45, 2.75) is 20.5 Å². The number of benzene rings is 2. The Labute approximate surface area is 140 Å². The molecule has 0 spiro atoms. The van der Waals surface area contributed by atoms with Gasteiger partial charge in [-0.25, -0.2) is 4.79 Å². The summed E-state index contributed by atoms with van der Waals surface area (Å²) in [5, 5.41) is 0.944. The molecule has 1 N–H and O–H groups in total. The predicted octanol–water partition coefficient (Wildman–Crippen LogP) is 4.59. The molecule has 0 bridgehead atoms. The van der Waals surface area contributed by atoms with Gasteiger partial charge in [-0.15, -0.1) is 0 Å². The lowest BCUT2D eigenvalue weighted by Crippen LogP contribution is -2.10. The number of aromatic nitrogens is 1. The Morgan fingerprint density at radius 3 is 2.62 bits per heavy atom. The van der Waals surface area contributed by atoms with Gasteiger partial charge in [0.05, 0.1) is 12.1 Å². The summed E-state index contributed by atoms with van der Waals surface area (Å²) in [7, 11) is 0. The molecule has 0 radical (unpaired) electrons. The third-order valence-corrected chi connectivity index (χ3v) is 3.69. The highest BCUT2D eigenvalue weighted by Gasteiger charge is 2.15. The van der Waals surface area contributed by atoms with Gasteiger partial charge in [0, 0.05) is 10.9 Å². The Morgan fingerprint density at radius 2 is 1.88 bits per heavy atom. The Kier molecular flexibility index (Phi) is 4.70. The molecule has 3 rings (SSSR count). The fraction of sp³-hybridized carbons (Fsp3) is 0.211. The van der Waals surface area contributed by atoms with E-state index in [0.29, 0.717) is 18.2 Å². The SMILES string of the molecule is CCOC(=O)Oc1[nH]c2c(OCc3ccccc3)cccc2c1C. The standard InChI is InChI=1S/C19H19NO4/c1-3-22-19(21)24-18-13(2)15-10-7-11-16(17(15)20-18)23-12-14-8-5-4-6-9-14/h4-11,20H,3,12H2,1-2H3. The summed E-state index contributed by atoms with van der Waals surface area (Å²) in [6.07, 6.45) is -0.723. The number of nitrogens with one attached hydrogen (secondary N) is 1. The highest BCUT2D eigenvalue weighted by molar-refractivity contribution is 5.91. The topological polar surface area (TPSA) is 60.5 Å². The maximum absolute atomic E-state index is 11.5. The van der Waals surface area contributed by atoms with Crippen molar-refractivity contribution in [1.29, 1.82) is 0 Å². The first-order valence-corrected chi connectivity index (χ1v) is 7.81. The van der Waals surface area contributed by atoms with Gasteiger partial charge >= 0.3 is 6.16 Å². The van der Waals surface area contributed by atoms with Gasteiger partial charge in [0.1, 0.15) is 12.4 Å². The maximum Gasteiger partial charge on any atom is 0.515 e. The minimum Gasteiger partial charge on any atom is -0.487 e. The van der Waals surface area contributed by atoms with Gasteiger partial charge in [-0.1, -0.05) is 42.5 Å². The average Bonchev–Trinajstić information content (AvgIpc) is 2.91. The summed E-state index contributed by atoms with van der Waals surface area (Å²) in [6.45, 7) is 4.35. The van der Waals surface area contributed by atoms with Crippen molar-refractivity contribution in [1.82, 2.24) is 4.98 Å². The van der Waals surface area contributed by atoms with E-state index >= 15 is 0 Å². The lowest BCUT2D eigenvalue weighted by Gasteiger charge is -2.07. The molecule has 124 valence electrons. The van der Waals surface area contributed by atoms with Crippen molar-refractivity contribution >= 4 is 17.1 Å². The van der Waals surface area contributed by atoms with Crippen molar-refractivity contribution in [3.8, 4) is 11.6 Å². The van der Waals surface area contributed by atoms with Crippen LogP contribution in [0.1, 0.15) is 18.1 Å². The second-order valence-electron chi connectivity index (χ2n) is 5.32. The van der Waals surface area contributed by atoms with Gasteiger partial charge in [-0.05, 0) is 25.5 Å². The smallest absolute Gasteiger partial charge is 0.487 e. The molecule has 2 aromatic carbocycles. The number of rotatable bonds is 5. The van der Waals surface area contributed by atoms with E-state index in [0.717, 1.165) is 22.0 Å². The lowest BCUT2D eigenvalue weighted by molar-refractivity contribution is 0.103. The molecule has 0 aliphatic carbocycles. The van der Waals surface area contributed by atoms with E-state index in [1.807, 2.05) is 55.5 Å². The van der Waals surface area contributed by atoms with Crippen LogP contribution in [0.4, 0.5) is 4.79 Å². The molecule has 5 heteroatoms. The van der Waals surface area contributed by atoms with E-state index in [2.05, 4.69) is 4.98 Å². The number of H-pyrrole nitrogens is 1. The van der Waals surface area contributed by atoms with E-state index < -0.39 is 6.16 Å². The first-order valence-electron chi connectivity index (χ1n) is 7.81.